The van der Waals surface area contributed by atoms with Gasteiger partial charge in [-0.3, -0.25) is 9.78 Å². The Labute approximate surface area is 117 Å². The lowest BCUT2D eigenvalue weighted by Crippen LogP contribution is -1.98. The second kappa shape index (κ2) is 4.11. The van der Waals surface area contributed by atoms with Crippen LogP contribution in [0.5, 0.6) is 0 Å². The summed E-state index contributed by atoms with van der Waals surface area (Å²) in [4.78, 5) is 19.5. The van der Waals surface area contributed by atoms with Gasteiger partial charge in [-0.1, -0.05) is 5.16 Å². The van der Waals surface area contributed by atoms with Crippen LogP contribution in [0.4, 0.5) is 0 Å². The van der Waals surface area contributed by atoms with Gasteiger partial charge in [0.15, 0.2) is 0 Å². The molecule has 20 heavy (non-hydrogen) atoms. The fraction of sp³-hybridized carbons (Fsp3) is 0.231. The van der Waals surface area contributed by atoms with E-state index in [1.165, 1.54) is 0 Å². The first-order valence-corrected chi connectivity index (χ1v) is 7.00. The van der Waals surface area contributed by atoms with Gasteiger partial charge in [-0.25, -0.2) is 0 Å². The van der Waals surface area contributed by atoms with E-state index in [1.54, 1.807) is 17.5 Å². The van der Waals surface area contributed by atoms with Crippen molar-refractivity contribution in [1.82, 2.24) is 15.1 Å². The molecule has 1 saturated carbocycles. The maximum absolute atomic E-state index is 10.8. The molecule has 100 valence electrons. The molecule has 2 unspecified atom stereocenters. The lowest BCUT2D eigenvalue weighted by molar-refractivity contribution is -0.138. The van der Waals surface area contributed by atoms with Crippen LogP contribution >= 0.6 is 11.3 Å². The first-order chi connectivity index (χ1) is 9.72. The van der Waals surface area contributed by atoms with Crippen LogP contribution in [-0.4, -0.2) is 26.2 Å². The van der Waals surface area contributed by atoms with E-state index in [2.05, 4.69) is 15.1 Å². The minimum absolute atomic E-state index is 0.146. The maximum Gasteiger partial charge on any atom is 0.307 e. The van der Waals surface area contributed by atoms with Crippen LogP contribution in [0.1, 0.15) is 18.2 Å². The van der Waals surface area contributed by atoms with Crippen LogP contribution in [0.25, 0.3) is 21.6 Å². The summed E-state index contributed by atoms with van der Waals surface area (Å²) in [7, 11) is 0. The molecule has 4 rings (SSSR count). The van der Waals surface area contributed by atoms with E-state index < -0.39 is 5.97 Å². The van der Waals surface area contributed by atoms with E-state index in [9.17, 15) is 4.79 Å². The number of aliphatic carboxylic acids is 1. The zero-order chi connectivity index (χ0) is 13.7. The second-order valence-electron chi connectivity index (χ2n) is 4.77. The first kappa shape index (κ1) is 11.5. The molecule has 0 saturated heterocycles. The van der Waals surface area contributed by atoms with Crippen molar-refractivity contribution in [2.75, 3.05) is 0 Å². The molecule has 0 spiro atoms. The van der Waals surface area contributed by atoms with Crippen molar-refractivity contribution in [3.8, 4) is 11.4 Å². The smallest absolute Gasteiger partial charge is 0.307 e. The molecular formula is C13H9N3O3S. The van der Waals surface area contributed by atoms with Gasteiger partial charge in [0.2, 0.25) is 11.7 Å². The van der Waals surface area contributed by atoms with Gasteiger partial charge in [0.05, 0.1) is 22.1 Å². The van der Waals surface area contributed by atoms with E-state index in [0.717, 1.165) is 15.8 Å². The van der Waals surface area contributed by atoms with Crippen LogP contribution in [-0.2, 0) is 4.79 Å². The van der Waals surface area contributed by atoms with E-state index >= 15 is 0 Å². The summed E-state index contributed by atoms with van der Waals surface area (Å²) in [6, 6.07) is 3.91. The van der Waals surface area contributed by atoms with Crippen LogP contribution in [0, 0.1) is 5.92 Å². The van der Waals surface area contributed by atoms with Crippen molar-refractivity contribution < 1.29 is 14.4 Å². The molecule has 6 nitrogen and oxygen atoms in total. The summed E-state index contributed by atoms with van der Waals surface area (Å²) in [6.07, 6.45) is 2.27. The van der Waals surface area contributed by atoms with Crippen LogP contribution in [0.2, 0.25) is 0 Å². The number of rotatable bonds is 3. The average Bonchev–Trinajstić information content (AvgIpc) is 2.89. The minimum Gasteiger partial charge on any atom is -0.481 e. The van der Waals surface area contributed by atoms with Gasteiger partial charge < -0.3 is 9.63 Å². The monoisotopic (exact) mass is 287 g/mol. The standard InChI is InChI=1S/C13H9N3O3S/c17-13(18)8-4-7(8)12-15-11(16-19-12)6-3-10-9(14-5-6)1-2-20-10/h1-3,5,7-8H,4H2,(H,17,18). The number of aromatic nitrogens is 3. The molecule has 1 aliphatic rings. The molecule has 7 heteroatoms. The lowest BCUT2D eigenvalue weighted by Gasteiger charge is -1.93. The normalized spacial score (nSPS) is 21.2. The Hall–Kier alpha value is -2.28. The number of pyridine rings is 1. The molecule has 1 aliphatic carbocycles. The SMILES string of the molecule is O=C(O)C1CC1c1nc(-c2cnc3ccsc3c2)no1. The van der Waals surface area contributed by atoms with Crippen molar-refractivity contribution in [2.45, 2.75) is 12.3 Å². The Bertz CT molecular complexity index is 810. The third-order valence-corrected chi connectivity index (χ3v) is 4.28. The van der Waals surface area contributed by atoms with E-state index in [4.69, 9.17) is 9.63 Å². The third-order valence-electron chi connectivity index (χ3n) is 3.43. The number of hydrogen-bond acceptors (Lipinski definition) is 6. The van der Waals surface area contributed by atoms with Crippen LogP contribution in [0.15, 0.2) is 28.2 Å². The highest BCUT2D eigenvalue weighted by molar-refractivity contribution is 7.17. The zero-order valence-corrected chi connectivity index (χ0v) is 11.0. The van der Waals surface area contributed by atoms with Gasteiger partial charge in [-0.2, -0.15) is 4.98 Å². The summed E-state index contributed by atoms with van der Waals surface area (Å²) in [5, 5.41) is 14.8. The summed E-state index contributed by atoms with van der Waals surface area (Å²) in [5.74, 6) is -0.484. The van der Waals surface area contributed by atoms with Gasteiger partial charge >= 0.3 is 5.97 Å². The predicted octanol–water partition coefficient (Wildman–Crippen LogP) is 2.53. The van der Waals surface area contributed by atoms with Crippen molar-refractivity contribution >= 4 is 27.5 Å². The largest absolute Gasteiger partial charge is 0.481 e. The molecule has 1 N–H and O–H groups in total. The number of fused-ring (bicyclic) bond motifs is 1. The van der Waals surface area contributed by atoms with Gasteiger partial charge in [0.25, 0.3) is 0 Å². The quantitative estimate of drug-likeness (QED) is 0.796. The topological polar surface area (TPSA) is 89.1 Å². The summed E-state index contributed by atoms with van der Waals surface area (Å²) >= 11 is 1.60. The average molecular weight is 287 g/mol. The molecule has 0 amide bonds. The van der Waals surface area contributed by atoms with Crippen LogP contribution in [0.3, 0.4) is 0 Å². The number of thiophene rings is 1. The van der Waals surface area contributed by atoms with E-state index in [-0.39, 0.29) is 11.8 Å². The Morgan fingerprint density at radius 2 is 2.40 bits per heavy atom. The molecule has 0 radical (unpaired) electrons. The van der Waals surface area contributed by atoms with E-state index in [0.29, 0.717) is 18.1 Å². The minimum atomic E-state index is -0.809. The molecule has 0 bridgehead atoms. The van der Waals surface area contributed by atoms with Crippen molar-refractivity contribution in [1.29, 1.82) is 0 Å². The molecule has 2 atom stereocenters. The highest BCUT2D eigenvalue weighted by Crippen LogP contribution is 2.47. The number of nitrogens with zero attached hydrogens (tertiary/aromatic N) is 3. The zero-order valence-electron chi connectivity index (χ0n) is 10.2. The number of carboxylic acids is 1. The number of hydrogen-bond donors (Lipinski definition) is 1. The van der Waals surface area contributed by atoms with Crippen molar-refractivity contribution in [3.05, 3.63) is 29.6 Å². The van der Waals surface area contributed by atoms with Gasteiger partial charge in [0, 0.05) is 11.8 Å². The summed E-state index contributed by atoms with van der Waals surface area (Å²) in [5.41, 5.74) is 1.72. The Morgan fingerprint density at radius 3 is 3.20 bits per heavy atom. The van der Waals surface area contributed by atoms with Crippen LogP contribution < -0.4 is 0 Å². The molecule has 0 aromatic carbocycles. The van der Waals surface area contributed by atoms with Gasteiger partial charge in [0.1, 0.15) is 0 Å². The predicted molar refractivity (Wildman–Crippen MR) is 71.4 cm³/mol. The van der Waals surface area contributed by atoms with Crippen molar-refractivity contribution in [2.24, 2.45) is 5.92 Å². The van der Waals surface area contributed by atoms with Gasteiger partial charge in [-0.15, -0.1) is 11.3 Å². The summed E-state index contributed by atoms with van der Waals surface area (Å²) < 4.78 is 6.23. The van der Waals surface area contributed by atoms with Gasteiger partial charge in [-0.05, 0) is 23.9 Å². The summed E-state index contributed by atoms with van der Waals surface area (Å²) in [6.45, 7) is 0. The number of carboxylic acid groups (broad SMARTS) is 1. The molecule has 3 aromatic heterocycles. The van der Waals surface area contributed by atoms with E-state index in [1.807, 2.05) is 17.5 Å². The first-order valence-electron chi connectivity index (χ1n) is 6.12. The fourth-order valence-corrected chi connectivity index (χ4v) is 2.99. The highest BCUT2D eigenvalue weighted by atomic mass is 32.1. The van der Waals surface area contributed by atoms with Crippen molar-refractivity contribution in [3.63, 3.8) is 0 Å². The lowest BCUT2D eigenvalue weighted by atomic mass is 10.2. The Kier molecular flexibility index (Phi) is 2.37. The molecular weight excluding hydrogens is 278 g/mol. The molecule has 3 heterocycles. The highest BCUT2D eigenvalue weighted by Gasteiger charge is 2.48. The second-order valence-corrected chi connectivity index (χ2v) is 5.72. The number of carbonyl (C=O) groups is 1. The molecule has 3 aromatic rings. The fourth-order valence-electron chi connectivity index (χ4n) is 2.21. The Morgan fingerprint density at radius 1 is 1.50 bits per heavy atom. The maximum atomic E-state index is 10.8. The molecule has 0 aliphatic heterocycles. The molecule has 1 fully saturated rings. The Balaban J connectivity index is 1.66. The third kappa shape index (κ3) is 1.78.